The van der Waals surface area contributed by atoms with Gasteiger partial charge in [-0.3, -0.25) is 4.40 Å². The Morgan fingerprint density at radius 2 is 1.84 bits per heavy atom. The molecule has 0 saturated carbocycles. The number of hydrogen-bond acceptors (Lipinski definition) is 6. The highest BCUT2D eigenvalue weighted by atomic mass is 32.1. The molecule has 0 radical (unpaired) electrons. The van der Waals surface area contributed by atoms with Crippen molar-refractivity contribution in [2.75, 3.05) is 19.7 Å². The second kappa shape index (κ2) is 7.47. The highest BCUT2D eigenvalue weighted by Gasteiger charge is 2.44. The SMILES string of the molecule is CCOC(=O)c1nc2sc3c(n2c1C1CN(C(=O)OC(C)(C)C)C1)CC(C)(C)CC3(C)C. The Morgan fingerprint density at radius 1 is 1.19 bits per heavy atom. The minimum absolute atomic E-state index is 0.0174. The van der Waals surface area contributed by atoms with E-state index in [1.165, 1.54) is 10.6 Å². The minimum Gasteiger partial charge on any atom is -0.461 e. The van der Waals surface area contributed by atoms with Crippen LogP contribution >= 0.6 is 11.3 Å². The Labute approximate surface area is 194 Å². The fourth-order valence-electron chi connectivity index (χ4n) is 5.33. The van der Waals surface area contributed by atoms with Gasteiger partial charge in [-0.1, -0.05) is 27.7 Å². The molecule has 7 nitrogen and oxygen atoms in total. The van der Waals surface area contributed by atoms with Crippen LogP contribution in [0.4, 0.5) is 4.79 Å². The van der Waals surface area contributed by atoms with Gasteiger partial charge in [0.2, 0.25) is 0 Å². The quantitative estimate of drug-likeness (QED) is 0.591. The first-order valence-electron chi connectivity index (χ1n) is 11.4. The zero-order valence-corrected chi connectivity index (χ0v) is 21.3. The van der Waals surface area contributed by atoms with Crippen LogP contribution in [-0.2, 0) is 21.3 Å². The molecule has 0 spiro atoms. The Hall–Kier alpha value is -2.09. The summed E-state index contributed by atoms with van der Waals surface area (Å²) >= 11 is 1.68. The van der Waals surface area contributed by atoms with E-state index in [1.807, 2.05) is 20.8 Å². The molecule has 0 bridgehead atoms. The second-order valence-corrected chi connectivity index (χ2v) is 12.5. The van der Waals surface area contributed by atoms with Gasteiger partial charge >= 0.3 is 12.1 Å². The Bertz CT molecular complexity index is 1070. The molecule has 0 unspecified atom stereocenters. The number of likely N-dealkylation sites (tertiary alicyclic amines) is 1. The zero-order valence-electron chi connectivity index (χ0n) is 20.5. The first-order valence-corrected chi connectivity index (χ1v) is 12.2. The van der Waals surface area contributed by atoms with Crippen molar-refractivity contribution in [3.05, 3.63) is 22.0 Å². The number of nitrogens with zero attached hydrogens (tertiary/aromatic N) is 3. The van der Waals surface area contributed by atoms with Crippen LogP contribution in [0, 0.1) is 5.41 Å². The Kier molecular flexibility index (Phi) is 5.39. The molecule has 0 aromatic carbocycles. The summed E-state index contributed by atoms with van der Waals surface area (Å²) in [6, 6.07) is 0. The number of imidazole rings is 1. The fourth-order valence-corrected chi connectivity index (χ4v) is 6.58. The normalized spacial score (nSPS) is 20.1. The van der Waals surface area contributed by atoms with Crippen LogP contribution in [0.3, 0.4) is 0 Å². The van der Waals surface area contributed by atoms with Crippen molar-refractivity contribution in [1.82, 2.24) is 14.3 Å². The number of fused-ring (bicyclic) bond motifs is 3. The van der Waals surface area contributed by atoms with Gasteiger partial charge in [0, 0.05) is 35.0 Å². The highest BCUT2D eigenvalue weighted by molar-refractivity contribution is 7.17. The summed E-state index contributed by atoms with van der Waals surface area (Å²) in [5, 5.41) is 0. The molecular weight excluding hydrogens is 426 g/mol. The standard InChI is InChI=1S/C24H35N3O4S/c1-9-30-19(28)16-17(14-11-26(12-14)21(29)31-22(2,3)4)27-15-10-23(5,6)13-24(7,8)18(15)32-20(27)25-16/h14H,9-13H2,1-8H3. The molecule has 32 heavy (non-hydrogen) atoms. The van der Waals surface area contributed by atoms with Crippen molar-refractivity contribution >= 4 is 28.4 Å². The summed E-state index contributed by atoms with van der Waals surface area (Å²) in [4.78, 5) is 33.9. The van der Waals surface area contributed by atoms with Crippen LogP contribution in [0.25, 0.3) is 4.96 Å². The van der Waals surface area contributed by atoms with E-state index in [4.69, 9.17) is 14.5 Å². The van der Waals surface area contributed by atoms with Gasteiger partial charge in [0.05, 0.1) is 12.3 Å². The van der Waals surface area contributed by atoms with Gasteiger partial charge in [0.25, 0.3) is 0 Å². The molecule has 0 atom stereocenters. The number of aromatic nitrogens is 2. The van der Waals surface area contributed by atoms with Crippen molar-refractivity contribution < 1.29 is 19.1 Å². The lowest BCUT2D eigenvalue weighted by atomic mass is 9.67. The average Bonchev–Trinajstić information content (AvgIpc) is 3.09. The lowest BCUT2D eigenvalue weighted by molar-refractivity contribution is 0.00769. The molecule has 2 aromatic heterocycles. The van der Waals surface area contributed by atoms with Crippen molar-refractivity contribution in [1.29, 1.82) is 0 Å². The third-order valence-corrected chi connectivity index (χ3v) is 7.63. The van der Waals surface area contributed by atoms with Gasteiger partial charge < -0.3 is 14.4 Å². The van der Waals surface area contributed by atoms with E-state index in [2.05, 4.69) is 32.1 Å². The van der Waals surface area contributed by atoms with Gasteiger partial charge in [-0.05, 0) is 46.0 Å². The summed E-state index contributed by atoms with van der Waals surface area (Å²) in [7, 11) is 0. The van der Waals surface area contributed by atoms with Gasteiger partial charge in [0.1, 0.15) is 5.60 Å². The van der Waals surface area contributed by atoms with E-state index >= 15 is 0 Å². The topological polar surface area (TPSA) is 73.1 Å². The molecule has 0 N–H and O–H groups in total. The Morgan fingerprint density at radius 3 is 2.44 bits per heavy atom. The fraction of sp³-hybridized carbons (Fsp3) is 0.708. The molecule has 1 amide bonds. The molecule has 2 aromatic rings. The monoisotopic (exact) mass is 461 g/mol. The maximum Gasteiger partial charge on any atom is 0.410 e. The largest absolute Gasteiger partial charge is 0.461 e. The van der Waals surface area contributed by atoms with Crippen molar-refractivity contribution in [3.63, 3.8) is 0 Å². The molecule has 1 saturated heterocycles. The molecule has 1 aliphatic heterocycles. The summed E-state index contributed by atoms with van der Waals surface area (Å²) in [5.74, 6) is -0.374. The minimum atomic E-state index is -0.536. The van der Waals surface area contributed by atoms with Crippen LogP contribution in [0.5, 0.6) is 0 Å². The van der Waals surface area contributed by atoms with Gasteiger partial charge in [-0.25, -0.2) is 14.6 Å². The third kappa shape index (κ3) is 4.02. The molecule has 4 rings (SSSR count). The molecule has 1 aliphatic carbocycles. The first kappa shape index (κ1) is 23.1. The zero-order chi connectivity index (χ0) is 23.6. The number of ether oxygens (including phenoxy) is 2. The van der Waals surface area contributed by atoms with Gasteiger partial charge in [-0.15, -0.1) is 11.3 Å². The smallest absolute Gasteiger partial charge is 0.410 e. The highest BCUT2D eigenvalue weighted by Crippen LogP contribution is 2.50. The molecule has 1 fully saturated rings. The van der Waals surface area contributed by atoms with E-state index in [1.54, 1.807) is 23.2 Å². The van der Waals surface area contributed by atoms with Crippen LogP contribution in [0.15, 0.2) is 0 Å². The van der Waals surface area contributed by atoms with Crippen LogP contribution < -0.4 is 0 Å². The number of hydrogen-bond donors (Lipinski definition) is 0. The van der Waals surface area contributed by atoms with Crippen LogP contribution in [-0.4, -0.2) is 51.6 Å². The Balaban J connectivity index is 1.75. The summed E-state index contributed by atoms with van der Waals surface area (Å²) < 4.78 is 13.1. The van der Waals surface area contributed by atoms with E-state index < -0.39 is 11.6 Å². The number of carbonyl (C=O) groups is 2. The van der Waals surface area contributed by atoms with E-state index in [0.717, 1.165) is 23.5 Å². The predicted molar refractivity (Wildman–Crippen MR) is 125 cm³/mol. The predicted octanol–water partition coefficient (Wildman–Crippen LogP) is 5.16. The van der Waals surface area contributed by atoms with E-state index in [0.29, 0.717) is 25.4 Å². The van der Waals surface area contributed by atoms with Gasteiger partial charge in [0.15, 0.2) is 10.7 Å². The molecule has 2 aliphatic rings. The molecular formula is C24H35N3O4S. The maximum absolute atomic E-state index is 12.8. The number of thiazole rings is 1. The first-order chi connectivity index (χ1) is 14.7. The van der Waals surface area contributed by atoms with Crippen molar-refractivity contribution in [2.45, 2.75) is 85.2 Å². The molecule has 176 valence electrons. The third-order valence-electron chi connectivity index (χ3n) is 6.18. The lowest BCUT2D eigenvalue weighted by Gasteiger charge is -2.41. The van der Waals surface area contributed by atoms with Crippen LogP contribution in [0.2, 0.25) is 0 Å². The van der Waals surface area contributed by atoms with Crippen molar-refractivity contribution in [3.8, 4) is 0 Å². The van der Waals surface area contributed by atoms with Crippen molar-refractivity contribution in [2.24, 2.45) is 5.41 Å². The number of esters is 1. The summed E-state index contributed by atoms with van der Waals surface area (Å²) in [6.07, 6.45) is 1.72. The number of rotatable bonds is 3. The summed E-state index contributed by atoms with van der Waals surface area (Å²) in [6.45, 7) is 17.9. The maximum atomic E-state index is 12.8. The van der Waals surface area contributed by atoms with E-state index in [-0.39, 0.29) is 22.8 Å². The molecule has 8 heteroatoms. The number of amides is 1. The second-order valence-electron chi connectivity index (χ2n) is 11.5. The van der Waals surface area contributed by atoms with E-state index in [9.17, 15) is 9.59 Å². The molecule has 3 heterocycles. The number of carbonyl (C=O) groups excluding carboxylic acids is 2. The van der Waals surface area contributed by atoms with Crippen LogP contribution in [0.1, 0.15) is 94.5 Å². The average molecular weight is 462 g/mol. The summed E-state index contributed by atoms with van der Waals surface area (Å²) in [5.41, 5.74) is 2.18. The lowest BCUT2D eigenvalue weighted by Crippen LogP contribution is -2.51. The van der Waals surface area contributed by atoms with Gasteiger partial charge in [-0.2, -0.15) is 0 Å².